The van der Waals surface area contributed by atoms with Gasteiger partial charge in [0.15, 0.2) is 11.4 Å². The number of aliphatic hydroxyl groups excluding tert-OH is 2. The van der Waals surface area contributed by atoms with Gasteiger partial charge in [0, 0.05) is 30.1 Å². The summed E-state index contributed by atoms with van der Waals surface area (Å²) in [7, 11) is 2.95. The molecule has 0 spiro atoms. The van der Waals surface area contributed by atoms with E-state index in [4.69, 9.17) is 10.5 Å². The van der Waals surface area contributed by atoms with Crippen molar-refractivity contribution >= 4 is 41.0 Å². The number of hydrogen-bond acceptors (Lipinski definition) is 11. The summed E-state index contributed by atoms with van der Waals surface area (Å²) in [5.41, 5.74) is 1.59. The van der Waals surface area contributed by atoms with Crippen LogP contribution in [-0.4, -0.2) is 92.1 Å². The van der Waals surface area contributed by atoms with Gasteiger partial charge in [-0.1, -0.05) is 19.1 Å². The highest BCUT2D eigenvalue weighted by molar-refractivity contribution is 7.99. The average Bonchev–Trinajstić information content (AvgIpc) is 2.84. The van der Waals surface area contributed by atoms with Crippen LogP contribution in [0.3, 0.4) is 0 Å². The summed E-state index contributed by atoms with van der Waals surface area (Å²) in [5, 5.41) is 45.2. The molecule has 0 heterocycles. The first kappa shape index (κ1) is 28.7. The SMILES string of the molecule is CCCSC[C@@H]1c2cccc(O)c2C(O)=C2C(=O)[C@@]3(O)C(O)=C(C(N)=O)C(=O)[C@H](N(C)C)[C@H]3[C@H](OC(C)=O)[C@H]21. The number of hydrogen-bond donors (Lipinski definition) is 5. The summed E-state index contributed by atoms with van der Waals surface area (Å²) in [6.45, 7) is 3.12. The van der Waals surface area contributed by atoms with E-state index >= 15 is 0 Å². The fourth-order valence-corrected chi connectivity index (χ4v) is 7.35. The average molecular weight is 561 g/mol. The number of likely N-dealkylation sites (N-methyl/N-ethyl adjacent to an activating group) is 1. The number of phenols is 1. The number of phenolic OH excluding ortho intramolecular Hbond substituents is 1. The third-order valence-electron chi connectivity index (χ3n) is 7.72. The van der Waals surface area contributed by atoms with Gasteiger partial charge in [-0.2, -0.15) is 11.8 Å². The van der Waals surface area contributed by atoms with Crippen molar-refractivity contribution in [2.45, 2.75) is 43.9 Å². The van der Waals surface area contributed by atoms with Crippen LogP contribution in [0.1, 0.15) is 37.3 Å². The van der Waals surface area contributed by atoms with Gasteiger partial charge in [0.2, 0.25) is 5.78 Å². The number of benzene rings is 1. The quantitative estimate of drug-likeness (QED) is 0.183. The van der Waals surface area contributed by atoms with Gasteiger partial charge >= 0.3 is 5.97 Å². The number of carbonyl (C=O) groups excluding carboxylic acids is 4. The van der Waals surface area contributed by atoms with Crippen molar-refractivity contribution in [1.29, 1.82) is 0 Å². The number of aromatic hydroxyl groups is 1. The Kier molecular flexibility index (Phi) is 7.58. The standard InChI is InChI=1S/C27H32N2O9S/c1-5-9-39-10-13-12-7-6-8-14(31)15(12)21(32)17-16(13)23(38-11(2)30)19-20(29(3)4)22(33)18(26(28)36)25(35)27(19,37)24(17)34/h6-8,13,16,19-20,23,31-32,35,37H,5,9-10H2,1-4H3,(H2,28,36)/t13-,16+,19+,20-,23-,27-/m1/s1. The maximum atomic E-state index is 14.2. The van der Waals surface area contributed by atoms with Crippen molar-refractivity contribution in [2.24, 2.45) is 17.6 Å². The highest BCUT2D eigenvalue weighted by Gasteiger charge is 2.69. The zero-order valence-corrected chi connectivity index (χ0v) is 22.8. The maximum Gasteiger partial charge on any atom is 0.302 e. The Morgan fingerprint density at radius 1 is 1.18 bits per heavy atom. The lowest BCUT2D eigenvalue weighted by Gasteiger charge is -2.54. The Hall–Kier alpha value is -3.35. The molecule has 0 aromatic heterocycles. The Bertz CT molecular complexity index is 1320. The van der Waals surface area contributed by atoms with Crippen molar-refractivity contribution in [3.8, 4) is 5.75 Å². The lowest BCUT2D eigenvalue weighted by atomic mass is 9.54. The van der Waals surface area contributed by atoms with Crippen LogP contribution in [0.15, 0.2) is 35.1 Å². The number of ketones is 2. The van der Waals surface area contributed by atoms with Gasteiger partial charge in [0.05, 0.1) is 17.5 Å². The first-order valence-electron chi connectivity index (χ1n) is 12.5. The van der Waals surface area contributed by atoms with Gasteiger partial charge < -0.3 is 30.9 Å². The van der Waals surface area contributed by atoms with E-state index < -0.39 is 76.0 Å². The molecule has 6 N–H and O–H groups in total. The Morgan fingerprint density at radius 3 is 2.41 bits per heavy atom. The Balaban J connectivity index is 2.10. The predicted molar refractivity (Wildman–Crippen MR) is 142 cm³/mol. The number of carbonyl (C=O) groups is 4. The molecule has 39 heavy (non-hydrogen) atoms. The number of rotatable bonds is 7. The predicted octanol–water partition coefficient (Wildman–Crippen LogP) is 1.19. The van der Waals surface area contributed by atoms with Gasteiger partial charge in [-0.15, -0.1) is 0 Å². The molecule has 210 valence electrons. The molecule has 3 aliphatic rings. The molecule has 1 aromatic rings. The third-order valence-corrected chi connectivity index (χ3v) is 9.01. The molecule has 4 rings (SSSR count). The van der Waals surface area contributed by atoms with Crippen molar-refractivity contribution in [1.82, 2.24) is 4.90 Å². The number of thioether (sulfide) groups is 1. The molecule has 1 amide bonds. The summed E-state index contributed by atoms with van der Waals surface area (Å²) in [6, 6.07) is 3.21. The molecular formula is C27H32N2O9S. The van der Waals surface area contributed by atoms with Gasteiger partial charge in [-0.3, -0.25) is 24.1 Å². The first-order valence-corrected chi connectivity index (χ1v) is 13.7. The molecule has 0 bridgehead atoms. The lowest BCUT2D eigenvalue weighted by molar-refractivity contribution is -0.184. The van der Waals surface area contributed by atoms with Gasteiger partial charge in [0.1, 0.15) is 28.9 Å². The van der Waals surface area contributed by atoms with Crippen LogP contribution in [0.5, 0.6) is 5.75 Å². The lowest BCUT2D eigenvalue weighted by Crippen LogP contribution is -2.71. The third kappa shape index (κ3) is 4.21. The van der Waals surface area contributed by atoms with E-state index in [1.54, 1.807) is 23.9 Å². The number of primary amides is 1. The fourth-order valence-electron chi connectivity index (χ4n) is 6.25. The van der Waals surface area contributed by atoms with E-state index in [9.17, 15) is 39.6 Å². The van der Waals surface area contributed by atoms with Crippen LogP contribution >= 0.6 is 11.8 Å². The van der Waals surface area contributed by atoms with E-state index in [1.807, 2.05) is 6.92 Å². The second-order valence-corrected chi connectivity index (χ2v) is 11.4. The van der Waals surface area contributed by atoms with Crippen LogP contribution in [0, 0.1) is 11.8 Å². The zero-order valence-electron chi connectivity index (χ0n) is 22.0. The minimum Gasteiger partial charge on any atom is -0.508 e. The molecule has 1 fully saturated rings. The molecule has 12 heteroatoms. The topological polar surface area (TPSA) is 188 Å². The molecule has 0 saturated heterocycles. The zero-order chi connectivity index (χ0) is 29.0. The summed E-state index contributed by atoms with van der Waals surface area (Å²) < 4.78 is 5.75. The molecule has 3 aliphatic carbocycles. The highest BCUT2D eigenvalue weighted by atomic mass is 32.2. The number of Topliss-reactive ketones (excluding diaryl/α,β-unsaturated/α-hetero) is 2. The number of esters is 1. The van der Waals surface area contributed by atoms with Gasteiger partial charge in [-0.05, 0) is 37.9 Å². The normalized spacial score (nSPS) is 30.2. The minimum atomic E-state index is -2.95. The van der Waals surface area contributed by atoms with E-state index in [0.717, 1.165) is 19.1 Å². The minimum absolute atomic E-state index is 0.0162. The Labute approximate surface area is 229 Å². The van der Waals surface area contributed by atoms with Gasteiger partial charge in [0.25, 0.3) is 5.91 Å². The summed E-state index contributed by atoms with van der Waals surface area (Å²) in [4.78, 5) is 53.8. The van der Waals surface area contributed by atoms with Gasteiger partial charge in [-0.25, -0.2) is 0 Å². The summed E-state index contributed by atoms with van der Waals surface area (Å²) in [5.74, 6) is -8.54. The molecule has 0 radical (unpaired) electrons. The largest absolute Gasteiger partial charge is 0.508 e. The summed E-state index contributed by atoms with van der Waals surface area (Å²) >= 11 is 1.55. The fraction of sp³-hybridized carbons (Fsp3) is 0.481. The van der Waals surface area contributed by atoms with E-state index in [2.05, 4.69) is 0 Å². The smallest absolute Gasteiger partial charge is 0.302 e. The second-order valence-electron chi connectivity index (χ2n) is 10.3. The van der Waals surface area contributed by atoms with Crippen LogP contribution in [0.4, 0.5) is 0 Å². The highest BCUT2D eigenvalue weighted by Crippen LogP contribution is 2.57. The molecule has 1 saturated carbocycles. The van der Waals surface area contributed by atoms with Crippen LogP contribution in [-0.2, 0) is 23.9 Å². The molecule has 1 aromatic carbocycles. The number of aliphatic hydroxyl groups is 3. The van der Waals surface area contributed by atoms with E-state index in [1.165, 1.54) is 25.1 Å². The Morgan fingerprint density at radius 2 is 1.85 bits per heavy atom. The number of fused-ring (bicyclic) bond motifs is 3. The molecule has 6 atom stereocenters. The molecule has 0 aliphatic heterocycles. The van der Waals surface area contributed by atoms with Crippen molar-refractivity contribution < 1.29 is 44.3 Å². The summed E-state index contributed by atoms with van der Waals surface area (Å²) in [6.07, 6.45) is -0.554. The van der Waals surface area contributed by atoms with Crippen molar-refractivity contribution in [3.05, 3.63) is 46.2 Å². The second kappa shape index (κ2) is 10.3. The number of amides is 1. The van der Waals surface area contributed by atoms with Crippen LogP contribution in [0.2, 0.25) is 0 Å². The maximum absolute atomic E-state index is 14.2. The van der Waals surface area contributed by atoms with Crippen LogP contribution < -0.4 is 5.73 Å². The number of nitrogens with zero attached hydrogens (tertiary/aromatic N) is 1. The van der Waals surface area contributed by atoms with Crippen molar-refractivity contribution in [3.63, 3.8) is 0 Å². The number of nitrogens with two attached hydrogens (primary N) is 1. The van der Waals surface area contributed by atoms with Crippen LogP contribution in [0.25, 0.3) is 5.76 Å². The molecule has 11 nitrogen and oxygen atoms in total. The first-order chi connectivity index (χ1) is 18.3. The van der Waals surface area contributed by atoms with E-state index in [-0.39, 0.29) is 16.9 Å². The van der Waals surface area contributed by atoms with Crippen molar-refractivity contribution in [2.75, 3.05) is 25.6 Å². The molecular weight excluding hydrogens is 528 g/mol. The monoisotopic (exact) mass is 560 g/mol. The van der Waals surface area contributed by atoms with E-state index in [0.29, 0.717) is 11.3 Å². The molecule has 0 unspecified atom stereocenters. The number of ether oxygens (including phenoxy) is 1.